The monoisotopic (exact) mass is 505 g/mol. The molecule has 0 bridgehead atoms. The van der Waals surface area contributed by atoms with Crippen molar-refractivity contribution in [3.8, 4) is 11.6 Å². The molecule has 2 heterocycles. The number of carboxylic acid groups (broad SMARTS) is 1. The molecule has 2 aromatic heterocycles. The van der Waals surface area contributed by atoms with Crippen LogP contribution in [0.5, 0.6) is 11.6 Å². The zero-order valence-corrected chi connectivity index (χ0v) is 19.7. The minimum absolute atomic E-state index is 0.0340. The van der Waals surface area contributed by atoms with Gasteiger partial charge in [-0.15, -0.1) is 0 Å². The first-order valence-electron chi connectivity index (χ1n) is 9.50. The third-order valence-corrected chi connectivity index (χ3v) is 7.09. The van der Waals surface area contributed by atoms with E-state index in [2.05, 4.69) is 9.71 Å². The average molecular weight is 506 g/mol. The average Bonchev–Trinajstić information content (AvgIpc) is 3.08. The number of aromatic nitrogens is 2. The van der Waals surface area contributed by atoms with Gasteiger partial charge in [0, 0.05) is 24.6 Å². The fraction of sp³-hybridized carbons (Fsp3) is 0.0909. The number of aromatic carboxylic acids is 1. The summed E-state index contributed by atoms with van der Waals surface area (Å²) >= 11 is 11.8. The number of nitrogens with one attached hydrogen (secondary N) is 1. The molecule has 2 aromatic carbocycles. The maximum absolute atomic E-state index is 12.7. The number of ether oxygens (including phenoxy) is 1. The molecular weight excluding hydrogens is 489 g/mol. The molecule has 11 heteroatoms. The molecule has 8 nitrogen and oxygen atoms in total. The minimum Gasteiger partial charge on any atom is -0.477 e. The number of carboxylic acids is 1. The molecule has 0 fully saturated rings. The van der Waals surface area contributed by atoms with Crippen LogP contribution < -0.4 is 9.46 Å². The number of carbonyl (C=O) groups is 1. The Hall–Kier alpha value is -3.27. The van der Waals surface area contributed by atoms with Gasteiger partial charge in [-0.2, -0.15) is 0 Å². The number of aryl methyl sites for hydroxylation is 2. The van der Waals surface area contributed by atoms with Crippen molar-refractivity contribution >= 4 is 55.8 Å². The quantitative estimate of drug-likeness (QED) is 0.358. The molecule has 170 valence electrons. The number of sulfonamides is 1. The minimum atomic E-state index is -3.91. The van der Waals surface area contributed by atoms with Crippen molar-refractivity contribution in [1.82, 2.24) is 9.55 Å². The summed E-state index contributed by atoms with van der Waals surface area (Å²) in [6.07, 6.45) is 1.35. The molecule has 0 aliphatic rings. The Morgan fingerprint density at radius 2 is 1.85 bits per heavy atom. The number of halogens is 2. The van der Waals surface area contributed by atoms with Gasteiger partial charge < -0.3 is 14.4 Å². The van der Waals surface area contributed by atoms with Crippen LogP contribution in [0.25, 0.3) is 10.9 Å². The van der Waals surface area contributed by atoms with Gasteiger partial charge in [0.05, 0.1) is 32.3 Å². The Labute approximate surface area is 199 Å². The number of hydrogen-bond donors (Lipinski definition) is 2. The predicted molar refractivity (Wildman–Crippen MR) is 126 cm³/mol. The standard InChI is InChI=1S/C22H17Cl2N3O5S/c1-12-7-21(32-14-4-3-13-8-20(22(28)29)27(2)19(13)9-14)25-11-18(12)26-33(30,31)15-5-6-16(23)17(24)10-15/h3-11,26H,1-2H3,(H,28,29). The largest absolute Gasteiger partial charge is 0.477 e. The number of anilines is 1. The first kappa shape index (κ1) is 22.9. The molecule has 0 radical (unpaired) electrons. The van der Waals surface area contributed by atoms with E-state index >= 15 is 0 Å². The predicted octanol–water partition coefficient (Wildman–Crippen LogP) is 5.48. The molecule has 0 unspecified atom stereocenters. The molecule has 0 aliphatic heterocycles. The second-order valence-corrected chi connectivity index (χ2v) is 9.73. The molecule has 0 amide bonds. The molecule has 33 heavy (non-hydrogen) atoms. The number of benzene rings is 2. The van der Waals surface area contributed by atoms with Crippen molar-refractivity contribution in [3.63, 3.8) is 0 Å². The fourth-order valence-electron chi connectivity index (χ4n) is 3.24. The highest BCUT2D eigenvalue weighted by atomic mass is 35.5. The van der Waals surface area contributed by atoms with E-state index in [-0.39, 0.29) is 32.2 Å². The second kappa shape index (κ2) is 8.58. The van der Waals surface area contributed by atoms with Crippen molar-refractivity contribution < 1.29 is 23.1 Å². The zero-order valence-electron chi connectivity index (χ0n) is 17.3. The van der Waals surface area contributed by atoms with Crippen molar-refractivity contribution in [2.75, 3.05) is 4.72 Å². The van der Waals surface area contributed by atoms with Gasteiger partial charge in [-0.3, -0.25) is 4.72 Å². The highest BCUT2D eigenvalue weighted by Crippen LogP contribution is 2.30. The van der Waals surface area contributed by atoms with Crippen molar-refractivity contribution in [3.05, 3.63) is 76.0 Å². The molecule has 0 aliphatic carbocycles. The summed E-state index contributed by atoms with van der Waals surface area (Å²) in [5.41, 5.74) is 1.71. The van der Waals surface area contributed by atoms with E-state index in [4.69, 9.17) is 27.9 Å². The van der Waals surface area contributed by atoms with Crippen LogP contribution >= 0.6 is 23.2 Å². The van der Waals surface area contributed by atoms with Gasteiger partial charge in [0.15, 0.2) is 0 Å². The lowest BCUT2D eigenvalue weighted by Crippen LogP contribution is -2.14. The highest BCUT2D eigenvalue weighted by Gasteiger charge is 2.18. The number of fused-ring (bicyclic) bond motifs is 1. The van der Waals surface area contributed by atoms with E-state index in [0.29, 0.717) is 16.8 Å². The molecular formula is C22H17Cl2N3O5S. The molecule has 0 atom stereocenters. The summed E-state index contributed by atoms with van der Waals surface area (Å²) in [6.45, 7) is 1.71. The van der Waals surface area contributed by atoms with Gasteiger partial charge in [-0.25, -0.2) is 18.2 Å². The fourth-order valence-corrected chi connectivity index (χ4v) is 4.74. The zero-order chi connectivity index (χ0) is 23.9. The van der Waals surface area contributed by atoms with E-state index in [1.54, 1.807) is 48.9 Å². The van der Waals surface area contributed by atoms with Crippen molar-refractivity contribution in [1.29, 1.82) is 0 Å². The Bertz CT molecular complexity index is 1520. The summed E-state index contributed by atoms with van der Waals surface area (Å²) in [5.74, 6) is -0.318. The first-order chi connectivity index (χ1) is 15.5. The normalized spacial score (nSPS) is 11.5. The van der Waals surface area contributed by atoms with Gasteiger partial charge in [0.1, 0.15) is 11.4 Å². The van der Waals surface area contributed by atoms with Gasteiger partial charge >= 0.3 is 5.97 Å². The lowest BCUT2D eigenvalue weighted by atomic mass is 10.2. The molecule has 4 aromatic rings. The lowest BCUT2D eigenvalue weighted by Gasteiger charge is -2.12. The lowest BCUT2D eigenvalue weighted by molar-refractivity contribution is 0.0687. The number of nitrogens with zero attached hydrogens (tertiary/aromatic N) is 2. The smallest absolute Gasteiger partial charge is 0.352 e. The summed E-state index contributed by atoms with van der Waals surface area (Å²) in [7, 11) is -2.25. The first-order valence-corrected chi connectivity index (χ1v) is 11.7. The Balaban J connectivity index is 1.57. The second-order valence-electron chi connectivity index (χ2n) is 7.24. The van der Waals surface area contributed by atoms with E-state index in [9.17, 15) is 18.3 Å². The molecule has 0 saturated heterocycles. The van der Waals surface area contributed by atoms with Crippen LogP contribution in [0.2, 0.25) is 10.0 Å². The molecule has 0 saturated carbocycles. The van der Waals surface area contributed by atoms with Crippen LogP contribution in [0.1, 0.15) is 16.1 Å². The summed E-state index contributed by atoms with van der Waals surface area (Å²) < 4.78 is 35.2. The SMILES string of the molecule is Cc1cc(Oc2ccc3cc(C(=O)O)n(C)c3c2)ncc1NS(=O)(=O)c1ccc(Cl)c(Cl)c1. The highest BCUT2D eigenvalue weighted by molar-refractivity contribution is 7.92. The third-order valence-electron chi connectivity index (χ3n) is 4.99. The van der Waals surface area contributed by atoms with E-state index < -0.39 is 16.0 Å². The summed E-state index contributed by atoms with van der Waals surface area (Å²) in [4.78, 5) is 15.5. The van der Waals surface area contributed by atoms with Gasteiger partial charge in [0.2, 0.25) is 5.88 Å². The Morgan fingerprint density at radius 1 is 1.09 bits per heavy atom. The maximum atomic E-state index is 12.7. The van der Waals surface area contributed by atoms with Gasteiger partial charge in [-0.1, -0.05) is 23.2 Å². The topological polar surface area (TPSA) is 111 Å². The molecule has 2 N–H and O–H groups in total. The number of rotatable bonds is 6. The Morgan fingerprint density at radius 3 is 2.52 bits per heavy atom. The number of pyridine rings is 1. The summed E-state index contributed by atoms with van der Waals surface area (Å²) in [5, 5.41) is 10.4. The van der Waals surface area contributed by atoms with Crippen LogP contribution in [0.3, 0.4) is 0 Å². The van der Waals surface area contributed by atoms with Crippen LogP contribution in [0.15, 0.2) is 59.6 Å². The van der Waals surface area contributed by atoms with Gasteiger partial charge in [0.25, 0.3) is 10.0 Å². The van der Waals surface area contributed by atoms with E-state index in [1.807, 2.05) is 0 Å². The molecule has 0 spiro atoms. The maximum Gasteiger partial charge on any atom is 0.352 e. The number of hydrogen-bond acceptors (Lipinski definition) is 5. The van der Waals surface area contributed by atoms with E-state index in [1.165, 1.54) is 24.4 Å². The van der Waals surface area contributed by atoms with Crippen LogP contribution in [0, 0.1) is 6.92 Å². The van der Waals surface area contributed by atoms with Crippen LogP contribution in [-0.4, -0.2) is 29.0 Å². The van der Waals surface area contributed by atoms with Crippen LogP contribution in [-0.2, 0) is 17.1 Å². The Kier molecular flexibility index (Phi) is 5.96. The third kappa shape index (κ3) is 4.61. The van der Waals surface area contributed by atoms with E-state index in [0.717, 1.165) is 5.39 Å². The van der Waals surface area contributed by atoms with Crippen molar-refractivity contribution in [2.45, 2.75) is 11.8 Å². The van der Waals surface area contributed by atoms with Gasteiger partial charge in [-0.05, 0) is 48.9 Å². The van der Waals surface area contributed by atoms with Crippen LogP contribution in [0.4, 0.5) is 5.69 Å². The summed E-state index contributed by atoms with van der Waals surface area (Å²) in [6, 6.07) is 12.4. The van der Waals surface area contributed by atoms with Crippen molar-refractivity contribution in [2.24, 2.45) is 7.05 Å². The molecule has 4 rings (SSSR count).